The van der Waals surface area contributed by atoms with Crippen LogP contribution in [0.15, 0.2) is 28.4 Å². The number of carbonyl (C=O) groups excluding carboxylic acids is 1. The van der Waals surface area contributed by atoms with E-state index in [4.69, 9.17) is 16.0 Å². The second-order valence-electron chi connectivity index (χ2n) is 3.93. The van der Waals surface area contributed by atoms with Crippen LogP contribution < -0.4 is 10.6 Å². The first-order chi connectivity index (χ1) is 8.27. The minimum absolute atomic E-state index is 0.142. The fourth-order valence-corrected chi connectivity index (χ4v) is 1.98. The SMILES string of the molecule is O=C(NCCC1=CCNCC1)c1ccoc1Cl. The zero-order valence-electron chi connectivity index (χ0n) is 9.46. The first kappa shape index (κ1) is 12.2. The van der Waals surface area contributed by atoms with Crippen molar-refractivity contribution in [3.8, 4) is 0 Å². The lowest BCUT2D eigenvalue weighted by Crippen LogP contribution is -2.26. The lowest BCUT2D eigenvalue weighted by Gasteiger charge is -2.13. The van der Waals surface area contributed by atoms with E-state index in [1.165, 1.54) is 11.8 Å². The fourth-order valence-electron chi connectivity index (χ4n) is 1.78. The molecule has 2 N–H and O–H groups in total. The average molecular weight is 255 g/mol. The lowest BCUT2D eigenvalue weighted by atomic mass is 10.1. The van der Waals surface area contributed by atoms with Gasteiger partial charge in [0.15, 0.2) is 0 Å². The lowest BCUT2D eigenvalue weighted by molar-refractivity contribution is 0.0953. The molecule has 0 saturated heterocycles. The summed E-state index contributed by atoms with van der Waals surface area (Å²) in [5.74, 6) is -0.182. The smallest absolute Gasteiger partial charge is 0.256 e. The highest BCUT2D eigenvalue weighted by atomic mass is 35.5. The number of nitrogens with one attached hydrogen (secondary N) is 2. The summed E-state index contributed by atoms with van der Waals surface area (Å²) in [5.41, 5.74) is 1.79. The van der Waals surface area contributed by atoms with Crippen LogP contribution in [0.2, 0.25) is 5.22 Å². The molecule has 0 bridgehead atoms. The molecular formula is C12H15ClN2O2. The van der Waals surface area contributed by atoms with E-state index in [0.717, 1.165) is 25.9 Å². The van der Waals surface area contributed by atoms with Crippen molar-refractivity contribution in [1.82, 2.24) is 10.6 Å². The van der Waals surface area contributed by atoms with E-state index >= 15 is 0 Å². The summed E-state index contributed by atoms with van der Waals surface area (Å²) in [7, 11) is 0. The molecule has 4 nitrogen and oxygen atoms in total. The Labute approximate surface area is 105 Å². The zero-order chi connectivity index (χ0) is 12.1. The summed E-state index contributed by atoms with van der Waals surface area (Å²) < 4.78 is 4.87. The van der Waals surface area contributed by atoms with Gasteiger partial charge < -0.3 is 15.1 Å². The number of carbonyl (C=O) groups is 1. The third-order valence-electron chi connectivity index (χ3n) is 2.75. The van der Waals surface area contributed by atoms with E-state index in [-0.39, 0.29) is 11.1 Å². The van der Waals surface area contributed by atoms with Crippen LogP contribution >= 0.6 is 11.6 Å². The van der Waals surface area contributed by atoms with Crippen LogP contribution in [-0.4, -0.2) is 25.5 Å². The third kappa shape index (κ3) is 3.35. The Bertz CT molecular complexity index is 426. The van der Waals surface area contributed by atoms with Crippen LogP contribution in [0, 0.1) is 0 Å². The second-order valence-corrected chi connectivity index (χ2v) is 4.27. The van der Waals surface area contributed by atoms with Crippen molar-refractivity contribution >= 4 is 17.5 Å². The number of hydrogen-bond donors (Lipinski definition) is 2. The van der Waals surface area contributed by atoms with E-state index in [2.05, 4.69) is 16.7 Å². The Morgan fingerprint density at radius 1 is 1.59 bits per heavy atom. The topological polar surface area (TPSA) is 54.3 Å². The van der Waals surface area contributed by atoms with Crippen molar-refractivity contribution < 1.29 is 9.21 Å². The van der Waals surface area contributed by atoms with Gasteiger partial charge >= 0.3 is 0 Å². The second kappa shape index (κ2) is 5.89. The number of amides is 1. The monoisotopic (exact) mass is 254 g/mol. The van der Waals surface area contributed by atoms with Gasteiger partial charge in [0.2, 0.25) is 5.22 Å². The first-order valence-electron chi connectivity index (χ1n) is 5.67. The van der Waals surface area contributed by atoms with Gasteiger partial charge in [-0.1, -0.05) is 11.6 Å². The van der Waals surface area contributed by atoms with Gasteiger partial charge in [0, 0.05) is 13.1 Å². The van der Waals surface area contributed by atoms with Gasteiger partial charge in [0.05, 0.1) is 11.8 Å². The summed E-state index contributed by atoms with van der Waals surface area (Å²) in [6.45, 7) is 2.58. The standard InChI is InChI=1S/C12H15ClN2O2/c13-11-10(4-8-17-11)12(16)15-7-3-9-1-5-14-6-2-9/h1,4,8,14H,2-3,5-7H2,(H,15,16). The van der Waals surface area contributed by atoms with Gasteiger partial charge in [-0.15, -0.1) is 0 Å². The van der Waals surface area contributed by atoms with E-state index in [0.29, 0.717) is 12.1 Å². The number of furan rings is 1. The van der Waals surface area contributed by atoms with Crippen LogP contribution in [0.25, 0.3) is 0 Å². The molecule has 1 aromatic rings. The van der Waals surface area contributed by atoms with Gasteiger partial charge in [-0.05, 0) is 37.1 Å². The van der Waals surface area contributed by atoms with Crippen LogP contribution in [-0.2, 0) is 0 Å². The summed E-state index contributed by atoms with van der Waals surface area (Å²) in [6, 6.07) is 1.57. The summed E-state index contributed by atoms with van der Waals surface area (Å²) in [6.07, 6.45) is 5.54. The van der Waals surface area contributed by atoms with Gasteiger partial charge in [0.25, 0.3) is 5.91 Å². The zero-order valence-corrected chi connectivity index (χ0v) is 10.2. The van der Waals surface area contributed by atoms with Gasteiger partial charge in [0.1, 0.15) is 0 Å². The Balaban J connectivity index is 1.77. The maximum Gasteiger partial charge on any atom is 0.256 e. The van der Waals surface area contributed by atoms with Gasteiger partial charge in [-0.2, -0.15) is 0 Å². The molecule has 92 valence electrons. The molecule has 1 amide bonds. The molecule has 0 radical (unpaired) electrons. The molecular weight excluding hydrogens is 240 g/mol. The molecule has 0 fully saturated rings. The predicted octanol–water partition coefficient (Wildman–Crippen LogP) is 1.97. The minimum Gasteiger partial charge on any atom is -0.452 e. The quantitative estimate of drug-likeness (QED) is 0.808. The van der Waals surface area contributed by atoms with Gasteiger partial charge in [-0.25, -0.2) is 0 Å². The summed E-state index contributed by atoms with van der Waals surface area (Å²) >= 11 is 5.72. The number of hydrogen-bond acceptors (Lipinski definition) is 3. The number of rotatable bonds is 4. The molecule has 17 heavy (non-hydrogen) atoms. The van der Waals surface area contributed by atoms with E-state index < -0.39 is 0 Å². The number of halogens is 1. The molecule has 1 aromatic heterocycles. The van der Waals surface area contributed by atoms with Crippen LogP contribution in [0.4, 0.5) is 0 Å². The van der Waals surface area contributed by atoms with Crippen molar-refractivity contribution in [2.75, 3.05) is 19.6 Å². The summed E-state index contributed by atoms with van der Waals surface area (Å²) in [5, 5.41) is 6.22. The van der Waals surface area contributed by atoms with Crippen molar-refractivity contribution in [1.29, 1.82) is 0 Å². The molecule has 0 unspecified atom stereocenters. The maximum absolute atomic E-state index is 11.7. The maximum atomic E-state index is 11.7. The molecule has 0 spiro atoms. The van der Waals surface area contributed by atoms with Crippen molar-refractivity contribution in [3.63, 3.8) is 0 Å². The molecule has 0 aromatic carbocycles. The highest BCUT2D eigenvalue weighted by Crippen LogP contribution is 2.16. The highest BCUT2D eigenvalue weighted by Gasteiger charge is 2.12. The minimum atomic E-state index is -0.182. The van der Waals surface area contributed by atoms with Crippen molar-refractivity contribution in [3.05, 3.63) is 34.8 Å². The Kier molecular flexibility index (Phi) is 4.23. The molecule has 2 rings (SSSR count). The molecule has 0 saturated carbocycles. The fraction of sp³-hybridized carbons (Fsp3) is 0.417. The van der Waals surface area contributed by atoms with E-state index in [9.17, 15) is 4.79 Å². The van der Waals surface area contributed by atoms with Crippen molar-refractivity contribution in [2.45, 2.75) is 12.8 Å². The normalized spacial score (nSPS) is 15.5. The molecule has 1 aliphatic heterocycles. The van der Waals surface area contributed by atoms with Gasteiger partial charge in [-0.3, -0.25) is 4.79 Å². The van der Waals surface area contributed by atoms with E-state index in [1.807, 2.05) is 0 Å². The van der Waals surface area contributed by atoms with Crippen molar-refractivity contribution in [2.24, 2.45) is 0 Å². The van der Waals surface area contributed by atoms with E-state index in [1.54, 1.807) is 6.07 Å². The molecule has 5 heteroatoms. The Hall–Kier alpha value is -1.26. The average Bonchev–Trinajstić information content (AvgIpc) is 2.77. The Morgan fingerprint density at radius 3 is 3.12 bits per heavy atom. The van der Waals surface area contributed by atoms with Crippen LogP contribution in [0.1, 0.15) is 23.2 Å². The van der Waals surface area contributed by atoms with Crippen LogP contribution in [0.3, 0.4) is 0 Å². The Morgan fingerprint density at radius 2 is 2.47 bits per heavy atom. The molecule has 0 aliphatic carbocycles. The summed E-state index contributed by atoms with van der Waals surface area (Å²) in [4.78, 5) is 11.7. The first-order valence-corrected chi connectivity index (χ1v) is 6.05. The predicted molar refractivity (Wildman–Crippen MR) is 66.2 cm³/mol. The molecule has 0 atom stereocenters. The third-order valence-corrected chi connectivity index (χ3v) is 3.04. The van der Waals surface area contributed by atoms with Crippen LogP contribution in [0.5, 0.6) is 0 Å². The highest BCUT2D eigenvalue weighted by molar-refractivity contribution is 6.32. The molecule has 2 heterocycles. The largest absolute Gasteiger partial charge is 0.452 e. The molecule has 1 aliphatic rings.